The van der Waals surface area contributed by atoms with E-state index in [2.05, 4.69) is 23.4 Å². The summed E-state index contributed by atoms with van der Waals surface area (Å²) >= 11 is 1.78. The molecule has 0 bridgehead atoms. The highest BCUT2D eigenvalue weighted by atomic mass is 32.1. The zero-order valence-corrected chi connectivity index (χ0v) is 14.4. The van der Waals surface area contributed by atoms with E-state index in [0.29, 0.717) is 18.0 Å². The van der Waals surface area contributed by atoms with E-state index in [1.54, 1.807) is 11.3 Å². The first-order chi connectivity index (χ1) is 11.7. The Morgan fingerprint density at radius 1 is 1.33 bits per heavy atom. The van der Waals surface area contributed by atoms with Gasteiger partial charge < -0.3 is 9.42 Å². The molecule has 1 fully saturated rings. The molecule has 5 nitrogen and oxygen atoms in total. The summed E-state index contributed by atoms with van der Waals surface area (Å²) in [6.45, 7) is 3.41. The molecule has 3 heterocycles. The Morgan fingerprint density at radius 3 is 2.83 bits per heavy atom. The topological polar surface area (TPSA) is 59.2 Å². The SMILES string of the molecule is Cc1cc(CC(=O)N2CCC(c3nc4ccccc4s3)CC2)no1. The Bertz CT molecular complexity index is 829. The summed E-state index contributed by atoms with van der Waals surface area (Å²) in [6.07, 6.45) is 2.27. The minimum Gasteiger partial charge on any atom is -0.361 e. The van der Waals surface area contributed by atoms with E-state index in [9.17, 15) is 4.79 Å². The molecule has 1 aliphatic rings. The van der Waals surface area contributed by atoms with Crippen LogP contribution in [0.15, 0.2) is 34.9 Å². The normalized spacial score (nSPS) is 16.0. The van der Waals surface area contributed by atoms with Gasteiger partial charge in [-0.05, 0) is 31.9 Å². The van der Waals surface area contributed by atoms with Gasteiger partial charge in [-0.15, -0.1) is 11.3 Å². The molecule has 1 amide bonds. The lowest BCUT2D eigenvalue weighted by Crippen LogP contribution is -2.38. The molecular weight excluding hydrogens is 322 g/mol. The van der Waals surface area contributed by atoms with Gasteiger partial charge in [0.25, 0.3) is 0 Å². The second-order valence-corrected chi connectivity index (χ2v) is 7.34. The van der Waals surface area contributed by atoms with Crippen LogP contribution in [-0.4, -0.2) is 34.0 Å². The van der Waals surface area contributed by atoms with Gasteiger partial charge in [-0.2, -0.15) is 0 Å². The maximum absolute atomic E-state index is 12.4. The number of carbonyl (C=O) groups excluding carboxylic acids is 1. The number of piperidine rings is 1. The highest BCUT2D eigenvalue weighted by Gasteiger charge is 2.26. The van der Waals surface area contributed by atoms with Crippen molar-refractivity contribution >= 4 is 27.5 Å². The lowest BCUT2D eigenvalue weighted by molar-refractivity contribution is -0.131. The van der Waals surface area contributed by atoms with Crippen molar-refractivity contribution in [2.75, 3.05) is 13.1 Å². The zero-order valence-electron chi connectivity index (χ0n) is 13.6. The Hall–Kier alpha value is -2.21. The molecule has 0 unspecified atom stereocenters. The van der Waals surface area contributed by atoms with Gasteiger partial charge in [0.2, 0.25) is 5.91 Å². The Balaban J connectivity index is 1.38. The predicted molar refractivity (Wildman–Crippen MR) is 93.1 cm³/mol. The van der Waals surface area contributed by atoms with Gasteiger partial charge in [0.15, 0.2) is 0 Å². The average Bonchev–Trinajstić information content (AvgIpc) is 3.21. The number of aromatic nitrogens is 2. The van der Waals surface area contributed by atoms with E-state index in [1.807, 2.05) is 24.0 Å². The molecule has 4 rings (SSSR count). The van der Waals surface area contributed by atoms with Crippen molar-refractivity contribution in [1.82, 2.24) is 15.0 Å². The smallest absolute Gasteiger partial charge is 0.228 e. The lowest BCUT2D eigenvalue weighted by atomic mass is 9.97. The van der Waals surface area contributed by atoms with Crippen molar-refractivity contribution in [3.8, 4) is 0 Å². The molecule has 0 N–H and O–H groups in total. The number of likely N-dealkylation sites (tertiary alicyclic amines) is 1. The van der Waals surface area contributed by atoms with E-state index in [1.165, 1.54) is 9.71 Å². The lowest BCUT2D eigenvalue weighted by Gasteiger charge is -2.31. The molecule has 0 aliphatic carbocycles. The Morgan fingerprint density at radius 2 is 2.12 bits per heavy atom. The van der Waals surface area contributed by atoms with Crippen molar-refractivity contribution in [3.05, 3.63) is 46.8 Å². The molecule has 6 heteroatoms. The minimum absolute atomic E-state index is 0.131. The fourth-order valence-electron chi connectivity index (χ4n) is 3.21. The molecule has 0 saturated carbocycles. The maximum Gasteiger partial charge on any atom is 0.228 e. The van der Waals surface area contributed by atoms with Crippen LogP contribution < -0.4 is 0 Å². The first-order valence-electron chi connectivity index (χ1n) is 8.24. The van der Waals surface area contributed by atoms with E-state index in [4.69, 9.17) is 9.51 Å². The highest BCUT2D eigenvalue weighted by Crippen LogP contribution is 2.33. The summed E-state index contributed by atoms with van der Waals surface area (Å²) in [4.78, 5) is 19.1. The number of nitrogens with zero attached hydrogens (tertiary/aromatic N) is 3. The molecule has 1 aromatic carbocycles. The number of rotatable bonds is 3. The van der Waals surface area contributed by atoms with Gasteiger partial charge in [-0.25, -0.2) is 4.98 Å². The number of para-hydroxylation sites is 1. The summed E-state index contributed by atoms with van der Waals surface area (Å²) in [5.74, 6) is 1.33. The second kappa shape index (κ2) is 6.36. The van der Waals surface area contributed by atoms with Gasteiger partial charge in [-0.3, -0.25) is 4.79 Å². The van der Waals surface area contributed by atoms with Gasteiger partial charge in [0.05, 0.1) is 27.3 Å². The van der Waals surface area contributed by atoms with Crippen LogP contribution in [0.4, 0.5) is 0 Å². The number of carbonyl (C=O) groups is 1. The summed E-state index contributed by atoms with van der Waals surface area (Å²) in [5, 5.41) is 5.11. The third-order valence-corrected chi connectivity index (χ3v) is 5.72. The molecule has 0 radical (unpaired) electrons. The Kier molecular flexibility index (Phi) is 4.06. The monoisotopic (exact) mass is 341 g/mol. The largest absolute Gasteiger partial charge is 0.361 e. The summed E-state index contributed by atoms with van der Waals surface area (Å²) in [7, 11) is 0. The van der Waals surface area contributed by atoms with Crippen molar-refractivity contribution in [2.24, 2.45) is 0 Å². The third kappa shape index (κ3) is 3.06. The number of fused-ring (bicyclic) bond motifs is 1. The van der Waals surface area contributed by atoms with Crippen LogP contribution in [0.1, 0.15) is 35.2 Å². The fraction of sp³-hybridized carbons (Fsp3) is 0.389. The summed E-state index contributed by atoms with van der Waals surface area (Å²) < 4.78 is 6.27. The average molecular weight is 341 g/mol. The standard InChI is InChI=1S/C18H19N3O2S/c1-12-10-14(20-23-12)11-17(22)21-8-6-13(7-9-21)18-19-15-4-2-3-5-16(15)24-18/h2-5,10,13H,6-9,11H2,1H3. The highest BCUT2D eigenvalue weighted by molar-refractivity contribution is 7.18. The third-order valence-electron chi connectivity index (χ3n) is 4.52. The van der Waals surface area contributed by atoms with Crippen molar-refractivity contribution < 1.29 is 9.32 Å². The van der Waals surface area contributed by atoms with E-state index >= 15 is 0 Å². The zero-order chi connectivity index (χ0) is 16.5. The molecule has 0 spiro atoms. The van der Waals surface area contributed by atoms with Crippen molar-refractivity contribution in [3.63, 3.8) is 0 Å². The van der Waals surface area contributed by atoms with Crippen LogP contribution in [0.5, 0.6) is 0 Å². The Labute approximate surface area is 144 Å². The van der Waals surface area contributed by atoms with Crippen LogP contribution in [0.25, 0.3) is 10.2 Å². The van der Waals surface area contributed by atoms with Crippen LogP contribution in [0.3, 0.4) is 0 Å². The van der Waals surface area contributed by atoms with Gasteiger partial charge >= 0.3 is 0 Å². The number of benzene rings is 1. The molecule has 24 heavy (non-hydrogen) atoms. The van der Waals surface area contributed by atoms with Crippen LogP contribution in [0, 0.1) is 6.92 Å². The predicted octanol–water partition coefficient (Wildman–Crippen LogP) is 3.54. The summed E-state index contributed by atoms with van der Waals surface area (Å²) in [5.41, 5.74) is 1.79. The molecule has 3 aromatic rings. The van der Waals surface area contributed by atoms with Crippen LogP contribution >= 0.6 is 11.3 Å². The maximum atomic E-state index is 12.4. The molecular formula is C18H19N3O2S. The van der Waals surface area contributed by atoms with Crippen LogP contribution in [-0.2, 0) is 11.2 Å². The summed E-state index contributed by atoms with van der Waals surface area (Å²) in [6, 6.07) is 10.1. The molecule has 124 valence electrons. The van der Waals surface area contributed by atoms with Crippen molar-refractivity contribution in [2.45, 2.75) is 32.1 Å². The molecule has 1 aliphatic heterocycles. The number of hydrogen-bond acceptors (Lipinski definition) is 5. The number of thiazole rings is 1. The molecule has 1 saturated heterocycles. The second-order valence-electron chi connectivity index (χ2n) is 6.28. The van der Waals surface area contributed by atoms with Gasteiger partial charge in [-0.1, -0.05) is 17.3 Å². The molecule has 0 atom stereocenters. The molecule has 2 aromatic heterocycles. The van der Waals surface area contributed by atoms with Gasteiger partial charge in [0, 0.05) is 25.1 Å². The van der Waals surface area contributed by atoms with E-state index < -0.39 is 0 Å². The quantitative estimate of drug-likeness (QED) is 0.731. The van der Waals surface area contributed by atoms with E-state index in [0.717, 1.165) is 37.2 Å². The van der Waals surface area contributed by atoms with E-state index in [-0.39, 0.29) is 5.91 Å². The fourth-order valence-corrected chi connectivity index (χ4v) is 4.35. The number of aryl methyl sites for hydroxylation is 1. The first kappa shape index (κ1) is 15.3. The van der Waals surface area contributed by atoms with Crippen LogP contribution in [0.2, 0.25) is 0 Å². The van der Waals surface area contributed by atoms with Gasteiger partial charge in [0.1, 0.15) is 5.76 Å². The van der Waals surface area contributed by atoms with Crippen molar-refractivity contribution in [1.29, 1.82) is 0 Å². The number of hydrogen-bond donors (Lipinski definition) is 0. The minimum atomic E-state index is 0.131. The number of amides is 1. The first-order valence-corrected chi connectivity index (χ1v) is 9.06.